The van der Waals surface area contributed by atoms with Crippen LogP contribution in [0.4, 0.5) is 5.69 Å². The summed E-state index contributed by atoms with van der Waals surface area (Å²) in [6.45, 7) is 0. The van der Waals surface area contributed by atoms with Gasteiger partial charge in [0.2, 0.25) is 0 Å². The Labute approximate surface area is 153 Å². The van der Waals surface area contributed by atoms with Crippen LogP contribution in [0.25, 0.3) is 5.69 Å². The lowest BCUT2D eigenvalue weighted by atomic mass is 10.2. The molecule has 1 aromatic heterocycles. The average Bonchev–Trinajstić information content (AvgIpc) is 2.69. The number of hydrogen-bond acceptors (Lipinski definition) is 5. The van der Waals surface area contributed by atoms with Gasteiger partial charge in [-0.15, -0.1) is 0 Å². The second-order valence-electron chi connectivity index (χ2n) is 5.51. The van der Waals surface area contributed by atoms with Crippen molar-refractivity contribution in [3.05, 3.63) is 92.8 Å². The van der Waals surface area contributed by atoms with E-state index in [0.717, 1.165) is 10.8 Å². The number of hydrogen-bond donors (Lipinski definition) is 2. The van der Waals surface area contributed by atoms with Crippen molar-refractivity contribution < 1.29 is 14.3 Å². The maximum absolute atomic E-state index is 12.6. The van der Waals surface area contributed by atoms with Crippen LogP contribution in [0, 0.1) is 0 Å². The highest BCUT2D eigenvalue weighted by Gasteiger charge is 2.16. The largest absolute Gasteiger partial charge is 0.465 e. The van der Waals surface area contributed by atoms with E-state index in [9.17, 15) is 19.2 Å². The minimum absolute atomic E-state index is 0.226. The highest BCUT2D eigenvalue weighted by molar-refractivity contribution is 6.04. The summed E-state index contributed by atoms with van der Waals surface area (Å²) >= 11 is 0. The molecule has 3 aromatic rings. The number of anilines is 1. The van der Waals surface area contributed by atoms with Crippen LogP contribution in [0.15, 0.2) is 70.4 Å². The fourth-order valence-corrected chi connectivity index (χ4v) is 2.45. The van der Waals surface area contributed by atoms with E-state index < -0.39 is 23.1 Å². The van der Waals surface area contributed by atoms with Gasteiger partial charge >= 0.3 is 11.7 Å². The van der Waals surface area contributed by atoms with E-state index in [1.165, 1.54) is 31.4 Å². The molecule has 0 unspecified atom stereocenters. The Hall–Kier alpha value is -3.94. The molecule has 8 nitrogen and oxygen atoms in total. The minimum atomic E-state index is -0.742. The van der Waals surface area contributed by atoms with Gasteiger partial charge in [0, 0.05) is 11.9 Å². The Bertz CT molecular complexity index is 1100. The van der Waals surface area contributed by atoms with E-state index in [0.29, 0.717) is 16.9 Å². The maximum atomic E-state index is 12.6. The standard InChI is InChI=1S/C19H15N3O5/c1-27-18(25)12-7-9-13(10-8-12)21-16(23)15-11-20-19(26)22(17(15)24)14-5-3-2-4-6-14/h2-11H,1H3,(H,20,26)(H,21,23). The van der Waals surface area contributed by atoms with Gasteiger partial charge in [-0.3, -0.25) is 9.59 Å². The van der Waals surface area contributed by atoms with Gasteiger partial charge in [0.25, 0.3) is 11.5 Å². The molecule has 0 aliphatic heterocycles. The number of amides is 1. The van der Waals surface area contributed by atoms with Gasteiger partial charge < -0.3 is 15.0 Å². The average molecular weight is 365 g/mol. The number of aromatic nitrogens is 2. The Morgan fingerprint density at radius 2 is 1.67 bits per heavy atom. The highest BCUT2D eigenvalue weighted by Crippen LogP contribution is 2.11. The van der Waals surface area contributed by atoms with Crippen LogP contribution in [0.2, 0.25) is 0 Å². The van der Waals surface area contributed by atoms with Crippen molar-refractivity contribution >= 4 is 17.6 Å². The van der Waals surface area contributed by atoms with E-state index in [4.69, 9.17) is 0 Å². The first kappa shape index (κ1) is 17.9. The number of benzene rings is 2. The molecule has 0 spiro atoms. The summed E-state index contributed by atoms with van der Waals surface area (Å²) in [7, 11) is 1.27. The smallest absolute Gasteiger partial charge is 0.337 e. The lowest BCUT2D eigenvalue weighted by Gasteiger charge is -2.08. The summed E-state index contributed by atoms with van der Waals surface area (Å²) in [5, 5.41) is 2.55. The molecule has 0 atom stereocenters. The number of rotatable bonds is 4. The van der Waals surface area contributed by atoms with E-state index in [1.54, 1.807) is 30.3 Å². The van der Waals surface area contributed by atoms with E-state index >= 15 is 0 Å². The zero-order chi connectivity index (χ0) is 19.4. The number of nitrogens with zero attached hydrogens (tertiary/aromatic N) is 1. The van der Waals surface area contributed by atoms with Crippen molar-refractivity contribution in [2.45, 2.75) is 0 Å². The number of H-pyrrole nitrogens is 1. The summed E-state index contributed by atoms with van der Waals surface area (Å²) in [5.74, 6) is -1.19. The number of nitrogens with one attached hydrogen (secondary N) is 2. The van der Waals surface area contributed by atoms with Crippen molar-refractivity contribution in [2.75, 3.05) is 12.4 Å². The summed E-state index contributed by atoms with van der Waals surface area (Å²) < 4.78 is 5.49. The Kier molecular flexibility index (Phi) is 4.98. The molecule has 1 amide bonds. The summed E-state index contributed by atoms with van der Waals surface area (Å²) in [5.41, 5.74) is -0.564. The molecule has 0 saturated heterocycles. The predicted octanol–water partition coefficient (Wildman–Crippen LogP) is 1.56. The zero-order valence-corrected chi connectivity index (χ0v) is 14.3. The second kappa shape index (κ2) is 7.52. The molecule has 136 valence electrons. The number of para-hydroxylation sites is 1. The van der Waals surface area contributed by atoms with Crippen LogP contribution in [0.5, 0.6) is 0 Å². The summed E-state index contributed by atoms with van der Waals surface area (Å²) in [6.07, 6.45) is 1.07. The quantitative estimate of drug-likeness (QED) is 0.682. The van der Waals surface area contributed by atoms with E-state index in [1.807, 2.05) is 0 Å². The number of methoxy groups -OCH3 is 1. The Morgan fingerprint density at radius 3 is 2.30 bits per heavy atom. The van der Waals surface area contributed by atoms with E-state index in [2.05, 4.69) is 15.0 Å². The normalized spacial score (nSPS) is 10.3. The van der Waals surface area contributed by atoms with Gasteiger partial charge in [0.05, 0.1) is 18.4 Å². The van der Waals surface area contributed by atoms with Crippen molar-refractivity contribution in [2.24, 2.45) is 0 Å². The molecule has 27 heavy (non-hydrogen) atoms. The third kappa shape index (κ3) is 3.69. The minimum Gasteiger partial charge on any atom is -0.465 e. The fourth-order valence-electron chi connectivity index (χ4n) is 2.45. The van der Waals surface area contributed by atoms with Gasteiger partial charge in [-0.2, -0.15) is 0 Å². The Morgan fingerprint density at radius 1 is 1.00 bits per heavy atom. The molecule has 1 heterocycles. The van der Waals surface area contributed by atoms with Crippen LogP contribution >= 0.6 is 0 Å². The van der Waals surface area contributed by atoms with Crippen LogP contribution in [0.3, 0.4) is 0 Å². The third-order valence-electron chi connectivity index (χ3n) is 3.80. The third-order valence-corrected chi connectivity index (χ3v) is 3.80. The lowest BCUT2D eigenvalue weighted by molar-refractivity contribution is 0.0600. The van der Waals surface area contributed by atoms with Crippen LogP contribution in [-0.2, 0) is 4.74 Å². The SMILES string of the molecule is COC(=O)c1ccc(NC(=O)c2c[nH]c(=O)n(-c3ccccc3)c2=O)cc1. The molecule has 0 aliphatic rings. The molecular formula is C19H15N3O5. The topological polar surface area (TPSA) is 110 Å². The molecule has 0 aliphatic carbocycles. The molecule has 0 fully saturated rings. The first-order chi connectivity index (χ1) is 13.0. The number of carbonyl (C=O) groups is 2. The lowest BCUT2D eigenvalue weighted by Crippen LogP contribution is -2.38. The van der Waals surface area contributed by atoms with Gasteiger partial charge in [-0.1, -0.05) is 18.2 Å². The van der Waals surface area contributed by atoms with Gasteiger partial charge in [0.1, 0.15) is 5.56 Å². The number of esters is 1. The van der Waals surface area contributed by atoms with E-state index in [-0.39, 0.29) is 5.56 Å². The van der Waals surface area contributed by atoms with Crippen molar-refractivity contribution in [3.63, 3.8) is 0 Å². The summed E-state index contributed by atoms with van der Waals surface area (Å²) in [4.78, 5) is 50.9. The molecule has 2 N–H and O–H groups in total. The summed E-state index contributed by atoms with van der Waals surface area (Å²) in [6, 6.07) is 14.3. The van der Waals surface area contributed by atoms with Crippen LogP contribution in [0.1, 0.15) is 20.7 Å². The number of carbonyl (C=O) groups excluding carboxylic acids is 2. The van der Waals surface area contributed by atoms with Crippen molar-refractivity contribution in [3.8, 4) is 5.69 Å². The molecule has 0 bridgehead atoms. The Balaban J connectivity index is 1.91. The molecule has 8 heteroatoms. The number of ether oxygens (including phenoxy) is 1. The van der Waals surface area contributed by atoms with Gasteiger partial charge in [0.15, 0.2) is 0 Å². The first-order valence-electron chi connectivity index (χ1n) is 7.91. The second-order valence-corrected chi connectivity index (χ2v) is 5.51. The monoisotopic (exact) mass is 365 g/mol. The molecule has 3 rings (SSSR count). The van der Waals surface area contributed by atoms with Crippen LogP contribution < -0.4 is 16.6 Å². The highest BCUT2D eigenvalue weighted by atomic mass is 16.5. The molecule has 2 aromatic carbocycles. The predicted molar refractivity (Wildman–Crippen MR) is 98.4 cm³/mol. The molecule has 0 radical (unpaired) electrons. The molecule has 0 saturated carbocycles. The van der Waals surface area contributed by atoms with Gasteiger partial charge in [-0.05, 0) is 36.4 Å². The molecular weight excluding hydrogens is 350 g/mol. The van der Waals surface area contributed by atoms with Crippen molar-refractivity contribution in [1.29, 1.82) is 0 Å². The number of aromatic amines is 1. The van der Waals surface area contributed by atoms with Crippen molar-refractivity contribution in [1.82, 2.24) is 9.55 Å². The maximum Gasteiger partial charge on any atom is 0.337 e. The van der Waals surface area contributed by atoms with Crippen LogP contribution in [-0.4, -0.2) is 28.5 Å². The fraction of sp³-hybridized carbons (Fsp3) is 0.0526. The van der Waals surface area contributed by atoms with Gasteiger partial charge in [-0.25, -0.2) is 14.2 Å². The zero-order valence-electron chi connectivity index (χ0n) is 14.3. The first-order valence-corrected chi connectivity index (χ1v) is 7.91.